The molecule has 1 amide bonds. The van der Waals surface area contributed by atoms with Gasteiger partial charge in [0.25, 0.3) is 0 Å². The largest absolute Gasteiger partial charge is 0.493 e. The summed E-state index contributed by atoms with van der Waals surface area (Å²) in [5, 5.41) is 0. The molecule has 70 valence electrons. The van der Waals surface area contributed by atoms with E-state index in [1.54, 1.807) is 18.2 Å². The van der Waals surface area contributed by atoms with Crippen LogP contribution in [0.25, 0.3) is 0 Å². The van der Waals surface area contributed by atoms with Crippen LogP contribution in [0.4, 0.5) is 0 Å². The molecule has 4 heteroatoms. The summed E-state index contributed by atoms with van der Waals surface area (Å²) >= 11 is 3.26. The van der Waals surface area contributed by atoms with Gasteiger partial charge < -0.3 is 10.5 Å². The molecular formula is C9H10BrNO2. The molecule has 1 rings (SSSR count). The number of amides is 1. The minimum Gasteiger partial charge on any atom is -0.493 e. The zero-order valence-electron chi connectivity index (χ0n) is 7.21. The second-order valence-corrected chi connectivity index (χ2v) is 3.21. The molecule has 0 aromatic heterocycles. The maximum Gasteiger partial charge on any atom is 0.249 e. The zero-order chi connectivity index (χ0) is 9.84. The molecule has 0 heterocycles. The van der Waals surface area contributed by atoms with Crippen molar-refractivity contribution in [2.45, 2.75) is 6.92 Å². The van der Waals surface area contributed by atoms with Crippen LogP contribution in [0.1, 0.15) is 17.3 Å². The minimum atomic E-state index is -0.464. The molecule has 0 aliphatic heterocycles. The van der Waals surface area contributed by atoms with Gasteiger partial charge in [0.2, 0.25) is 5.91 Å². The average Bonchev–Trinajstić information content (AvgIpc) is 2.08. The third-order valence-corrected chi connectivity index (χ3v) is 2.35. The summed E-state index contributed by atoms with van der Waals surface area (Å²) < 4.78 is 5.89. The smallest absolute Gasteiger partial charge is 0.249 e. The van der Waals surface area contributed by atoms with E-state index in [1.165, 1.54) is 0 Å². The molecule has 1 aromatic rings. The zero-order valence-corrected chi connectivity index (χ0v) is 8.80. The SMILES string of the molecule is CCOc1cccc(C(N)=O)c1Br. The van der Waals surface area contributed by atoms with Crippen molar-refractivity contribution in [1.29, 1.82) is 0 Å². The maximum absolute atomic E-state index is 10.9. The van der Waals surface area contributed by atoms with Crippen molar-refractivity contribution in [3.63, 3.8) is 0 Å². The molecule has 3 nitrogen and oxygen atoms in total. The first-order valence-electron chi connectivity index (χ1n) is 3.88. The van der Waals surface area contributed by atoms with E-state index in [1.807, 2.05) is 6.92 Å². The van der Waals surface area contributed by atoms with E-state index >= 15 is 0 Å². The van der Waals surface area contributed by atoms with Crippen LogP contribution in [0, 0.1) is 0 Å². The predicted molar refractivity (Wildman–Crippen MR) is 53.8 cm³/mol. The molecule has 2 N–H and O–H groups in total. The van der Waals surface area contributed by atoms with Gasteiger partial charge in [-0.3, -0.25) is 4.79 Å². The van der Waals surface area contributed by atoms with Crippen molar-refractivity contribution in [1.82, 2.24) is 0 Å². The van der Waals surface area contributed by atoms with Crippen molar-refractivity contribution in [2.75, 3.05) is 6.61 Å². The van der Waals surface area contributed by atoms with Crippen molar-refractivity contribution in [3.05, 3.63) is 28.2 Å². The maximum atomic E-state index is 10.9. The number of ether oxygens (including phenoxy) is 1. The number of benzene rings is 1. The predicted octanol–water partition coefficient (Wildman–Crippen LogP) is 1.95. The van der Waals surface area contributed by atoms with E-state index in [9.17, 15) is 4.79 Å². The van der Waals surface area contributed by atoms with Crippen LogP contribution >= 0.6 is 15.9 Å². The molecule has 0 saturated heterocycles. The van der Waals surface area contributed by atoms with Gasteiger partial charge in [0.15, 0.2) is 0 Å². The molecule has 0 unspecified atom stereocenters. The highest BCUT2D eigenvalue weighted by atomic mass is 79.9. The van der Waals surface area contributed by atoms with Crippen LogP contribution in [0.3, 0.4) is 0 Å². The van der Waals surface area contributed by atoms with Crippen LogP contribution in [0.5, 0.6) is 5.75 Å². The first-order chi connectivity index (χ1) is 6.16. The van der Waals surface area contributed by atoms with Crippen LogP contribution in [-0.4, -0.2) is 12.5 Å². The summed E-state index contributed by atoms with van der Waals surface area (Å²) in [7, 11) is 0. The normalized spacial score (nSPS) is 9.69. The molecule has 0 radical (unpaired) electrons. The van der Waals surface area contributed by atoms with E-state index in [4.69, 9.17) is 10.5 Å². The minimum absolute atomic E-state index is 0.436. The van der Waals surface area contributed by atoms with Crippen LogP contribution in [-0.2, 0) is 0 Å². The summed E-state index contributed by atoms with van der Waals surface area (Å²) in [6.07, 6.45) is 0. The number of carbonyl (C=O) groups is 1. The lowest BCUT2D eigenvalue weighted by Crippen LogP contribution is -2.12. The van der Waals surface area contributed by atoms with Gasteiger partial charge in [-0.05, 0) is 35.0 Å². The van der Waals surface area contributed by atoms with E-state index < -0.39 is 5.91 Å². The van der Waals surface area contributed by atoms with Gasteiger partial charge in [-0.2, -0.15) is 0 Å². The molecule has 0 spiro atoms. The van der Waals surface area contributed by atoms with Gasteiger partial charge >= 0.3 is 0 Å². The Bertz CT molecular complexity index is 325. The van der Waals surface area contributed by atoms with Gasteiger partial charge in [-0.15, -0.1) is 0 Å². The van der Waals surface area contributed by atoms with Gasteiger partial charge in [0.05, 0.1) is 16.6 Å². The summed E-state index contributed by atoms with van der Waals surface area (Å²) in [5.74, 6) is 0.173. The summed E-state index contributed by atoms with van der Waals surface area (Å²) in [5.41, 5.74) is 5.59. The highest BCUT2D eigenvalue weighted by Gasteiger charge is 2.09. The quantitative estimate of drug-likeness (QED) is 0.883. The lowest BCUT2D eigenvalue weighted by atomic mass is 10.2. The number of rotatable bonds is 3. The number of carbonyl (C=O) groups excluding carboxylic acids is 1. The molecule has 0 aliphatic carbocycles. The number of hydrogen-bond acceptors (Lipinski definition) is 2. The van der Waals surface area contributed by atoms with Gasteiger partial charge in [0, 0.05) is 0 Å². The standard InChI is InChI=1S/C9H10BrNO2/c1-2-13-7-5-3-4-6(8(7)10)9(11)12/h3-5H,2H2,1H3,(H2,11,12). The second-order valence-electron chi connectivity index (χ2n) is 2.41. The first-order valence-corrected chi connectivity index (χ1v) is 4.67. The fourth-order valence-corrected chi connectivity index (χ4v) is 1.54. The lowest BCUT2D eigenvalue weighted by Gasteiger charge is -2.07. The van der Waals surface area contributed by atoms with Crippen molar-refractivity contribution in [2.24, 2.45) is 5.73 Å². The fourth-order valence-electron chi connectivity index (χ4n) is 0.968. The lowest BCUT2D eigenvalue weighted by molar-refractivity contribution is 0.0999. The van der Waals surface area contributed by atoms with E-state index in [0.717, 1.165) is 0 Å². The first kappa shape index (κ1) is 10.1. The average molecular weight is 244 g/mol. The Morgan fingerprint density at radius 3 is 2.85 bits per heavy atom. The summed E-state index contributed by atoms with van der Waals surface area (Å²) in [6.45, 7) is 2.43. The van der Waals surface area contributed by atoms with Gasteiger partial charge in [0.1, 0.15) is 5.75 Å². The Balaban J connectivity index is 3.10. The third kappa shape index (κ3) is 2.21. The fraction of sp³-hybridized carbons (Fsp3) is 0.222. The number of hydrogen-bond donors (Lipinski definition) is 1. The Hall–Kier alpha value is -1.03. The Morgan fingerprint density at radius 2 is 2.31 bits per heavy atom. The number of primary amides is 1. The Morgan fingerprint density at radius 1 is 1.62 bits per heavy atom. The highest BCUT2D eigenvalue weighted by molar-refractivity contribution is 9.10. The molecular weight excluding hydrogens is 234 g/mol. The summed E-state index contributed by atoms with van der Waals surface area (Å²) in [4.78, 5) is 10.9. The third-order valence-electron chi connectivity index (χ3n) is 1.53. The molecule has 0 aliphatic rings. The van der Waals surface area contributed by atoms with Crippen molar-refractivity contribution in [3.8, 4) is 5.75 Å². The Kier molecular flexibility index (Phi) is 3.31. The topological polar surface area (TPSA) is 52.3 Å². The molecule has 1 aromatic carbocycles. The Labute approximate surface area is 85.0 Å². The van der Waals surface area contributed by atoms with Crippen LogP contribution in [0.15, 0.2) is 22.7 Å². The van der Waals surface area contributed by atoms with Crippen molar-refractivity contribution >= 4 is 21.8 Å². The molecule has 0 atom stereocenters. The van der Waals surface area contributed by atoms with E-state index in [2.05, 4.69) is 15.9 Å². The van der Waals surface area contributed by atoms with Gasteiger partial charge in [-0.25, -0.2) is 0 Å². The molecule has 0 fully saturated rings. The number of nitrogens with two attached hydrogens (primary N) is 1. The van der Waals surface area contributed by atoms with Crippen LogP contribution < -0.4 is 10.5 Å². The molecule has 0 saturated carbocycles. The van der Waals surface area contributed by atoms with E-state index in [-0.39, 0.29) is 0 Å². The van der Waals surface area contributed by atoms with E-state index in [0.29, 0.717) is 22.4 Å². The monoisotopic (exact) mass is 243 g/mol. The highest BCUT2D eigenvalue weighted by Crippen LogP contribution is 2.28. The number of halogens is 1. The summed E-state index contributed by atoms with van der Waals surface area (Å²) in [6, 6.07) is 5.16. The molecule has 0 bridgehead atoms. The van der Waals surface area contributed by atoms with Crippen molar-refractivity contribution < 1.29 is 9.53 Å². The molecule has 13 heavy (non-hydrogen) atoms. The second kappa shape index (κ2) is 4.28. The van der Waals surface area contributed by atoms with Gasteiger partial charge in [-0.1, -0.05) is 6.07 Å². The van der Waals surface area contributed by atoms with Crippen LogP contribution in [0.2, 0.25) is 0 Å².